The first kappa shape index (κ1) is 17.8. The second kappa shape index (κ2) is 7.67. The van der Waals surface area contributed by atoms with Crippen LogP contribution in [0.25, 0.3) is 0 Å². The van der Waals surface area contributed by atoms with E-state index in [0.717, 1.165) is 12.1 Å². The van der Waals surface area contributed by atoms with E-state index in [0.29, 0.717) is 0 Å². The van der Waals surface area contributed by atoms with Gasteiger partial charge in [0, 0.05) is 12.5 Å². The van der Waals surface area contributed by atoms with Crippen LogP contribution in [0.4, 0.5) is 13.2 Å². The molecular formula is C14H16F3NO4. The van der Waals surface area contributed by atoms with Gasteiger partial charge in [-0.15, -0.1) is 0 Å². The van der Waals surface area contributed by atoms with Gasteiger partial charge in [-0.2, -0.15) is 13.2 Å². The van der Waals surface area contributed by atoms with Gasteiger partial charge in [0.05, 0.1) is 5.56 Å². The van der Waals surface area contributed by atoms with E-state index in [4.69, 9.17) is 9.84 Å². The smallest absolute Gasteiger partial charge is 0.419 e. The van der Waals surface area contributed by atoms with Gasteiger partial charge in [-0.05, 0) is 25.5 Å². The molecule has 0 radical (unpaired) electrons. The molecule has 0 saturated heterocycles. The molecule has 0 aliphatic heterocycles. The Hall–Kier alpha value is -2.25. The molecule has 0 aromatic heterocycles. The Morgan fingerprint density at radius 2 is 1.95 bits per heavy atom. The first-order valence-electron chi connectivity index (χ1n) is 6.50. The van der Waals surface area contributed by atoms with E-state index < -0.39 is 42.0 Å². The number of benzene rings is 1. The highest BCUT2D eigenvalue weighted by molar-refractivity contribution is 5.78. The Bertz CT molecular complexity index is 531. The zero-order chi connectivity index (χ0) is 16.8. The number of rotatable bonds is 7. The number of para-hydroxylation sites is 1. The molecule has 0 heterocycles. The summed E-state index contributed by atoms with van der Waals surface area (Å²) in [5.74, 6) is -2.03. The number of alkyl halides is 3. The number of halogens is 3. The molecule has 0 aliphatic carbocycles. The lowest BCUT2D eigenvalue weighted by atomic mass is 10.2. The van der Waals surface area contributed by atoms with Crippen molar-refractivity contribution in [3.63, 3.8) is 0 Å². The second-order valence-electron chi connectivity index (χ2n) is 4.68. The van der Waals surface area contributed by atoms with Crippen molar-refractivity contribution in [2.24, 2.45) is 0 Å². The highest BCUT2D eigenvalue weighted by Crippen LogP contribution is 2.35. The van der Waals surface area contributed by atoms with Crippen molar-refractivity contribution in [1.29, 1.82) is 0 Å². The van der Waals surface area contributed by atoms with Gasteiger partial charge in [-0.1, -0.05) is 12.1 Å². The fraction of sp³-hybridized carbons (Fsp3) is 0.429. The van der Waals surface area contributed by atoms with Crippen molar-refractivity contribution >= 4 is 11.9 Å². The van der Waals surface area contributed by atoms with Crippen LogP contribution >= 0.6 is 0 Å². The zero-order valence-electron chi connectivity index (χ0n) is 11.8. The van der Waals surface area contributed by atoms with Gasteiger partial charge in [0.1, 0.15) is 5.75 Å². The number of hydrogen-bond acceptors (Lipinski definition) is 3. The van der Waals surface area contributed by atoms with E-state index in [2.05, 4.69) is 5.32 Å². The van der Waals surface area contributed by atoms with Gasteiger partial charge >= 0.3 is 12.1 Å². The van der Waals surface area contributed by atoms with E-state index in [1.165, 1.54) is 12.1 Å². The number of carbonyl (C=O) groups is 2. The highest BCUT2D eigenvalue weighted by atomic mass is 19.4. The quantitative estimate of drug-likeness (QED) is 0.809. The Labute approximate surface area is 125 Å². The standard InChI is InChI=1S/C14H16F3NO4/c1-9(6-7-13(20)21)18-12(19)8-22-11-5-3-2-4-10(11)14(15,16)17/h2-5,9H,6-8H2,1H3,(H,18,19)(H,20,21). The second-order valence-corrected chi connectivity index (χ2v) is 4.68. The molecular weight excluding hydrogens is 303 g/mol. The molecule has 0 bridgehead atoms. The summed E-state index contributed by atoms with van der Waals surface area (Å²) in [6, 6.07) is 4.18. The molecule has 0 spiro atoms. The molecule has 8 heteroatoms. The Kier molecular flexibility index (Phi) is 6.21. The largest absolute Gasteiger partial charge is 0.483 e. The molecule has 1 rings (SSSR count). The third-order valence-electron chi connectivity index (χ3n) is 2.75. The molecule has 1 aromatic carbocycles. The van der Waals surface area contributed by atoms with Crippen LogP contribution in [0, 0.1) is 0 Å². The Morgan fingerprint density at radius 1 is 1.32 bits per heavy atom. The summed E-state index contributed by atoms with van der Waals surface area (Å²) >= 11 is 0. The van der Waals surface area contributed by atoms with E-state index in [1.54, 1.807) is 6.92 Å². The summed E-state index contributed by atoms with van der Waals surface area (Å²) in [6.07, 6.45) is -4.46. The summed E-state index contributed by atoms with van der Waals surface area (Å²) in [6.45, 7) is 1.02. The topological polar surface area (TPSA) is 75.6 Å². The van der Waals surface area contributed by atoms with Crippen molar-refractivity contribution in [2.75, 3.05) is 6.61 Å². The van der Waals surface area contributed by atoms with Gasteiger partial charge in [0.25, 0.3) is 5.91 Å². The average molecular weight is 319 g/mol. The molecule has 0 aliphatic rings. The van der Waals surface area contributed by atoms with Gasteiger partial charge in [-0.25, -0.2) is 0 Å². The first-order valence-corrected chi connectivity index (χ1v) is 6.50. The van der Waals surface area contributed by atoms with Crippen LogP contribution in [-0.2, 0) is 15.8 Å². The van der Waals surface area contributed by atoms with Crippen LogP contribution in [0.2, 0.25) is 0 Å². The number of hydrogen-bond donors (Lipinski definition) is 2. The van der Waals surface area contributed by atoms with Gasteiger partial charge < -0.3 is 15.2 Å². The normalized spacial score (nSPS) is 12.5. The maximum Gasteiger partial charge on any atom is 0.419 e. The van der Waals surface area contributed by atoms with Crippen LogP contribution < -0.4 is 10.1 Å². The minimum atomic E-state index is -4.57. The fourth-order valence-corrected chi connectivity index (χ4v) is 1.70. The molecule has 1 unspecified atom stereocenters. The Morgan fingerprint density at radius 3 is 2.55 bits per heavy atom. The molecule has 0 fully saturated rings. The monoisotopic (exact) mass is 319 g/mol. The summed E-state index contributed by atoms with van der Waals surface area (Å²) in [5.41, 5.74) is -0.957. The van der Waals surface area contributed by atoms with Gasteiger partial charge in [0.15, 0.2) is 6.61 Å². The maximum atomic E-state index is 12.7. The lowest BCUT2D eigenvalue weighted by Gasteiger charge is -2.15. The predicted molar refractivity (Wildman–Crippen MR) is 71.4 cm³/mol. The minimum absolute atomic E-state index is 0.112. The number of amides is 1. The highest BCUT2D eigenvalue weighted by Gasteiger charge is 2.34. The van der Waals surface area contributed by atoms with Crippen molar-refractivity contribution in [2.45, 2.75) is 32.0 Å². The number of carboxylic acids is 1. The van der Waals surface area contributed by atoms with E-state index in [-0.39, 0.29) is 12.8 Å². The summed E-state index contributed by atoms with van der Waals surface area (Å²) in [4.78, 5) is 22.0. The molecule has 0 saturated carbocycles. The SMILES string of the molecule is CC(CCC(=O)O)NC(=O)COc1ccccc1C(F)(F)F. The lowest BCUT2D eigenvalue weighted by molar-refractivity contribution is -0.139. The molecule has 2 N–H and O–H groups in total. The number of carbonyl (C=O) groups excluding carboxylic acids is 1. The third-order valence-corrected chi connectivity index (χ3v) is 2.75. The molecule has 122 valence electrons. The summed E-state index contributed by atoms with van der Waals surface area (Å²) in [7, 11) is 0. The van der Waals surface area contributed by atoms with E-state index in [9.17, 15) is 22.8 Å². The van der Waals surface area contributed by atoms with Crippen LogP contribution in [0.15, 0.2) is 24.3 Å². The van der Waals surface area contributed by atoms with Crippen molar-refractivity contribution in [1.82, 2.24) is 5.32 Å². The van der Waals surface area contributed by atoms with Crippen LogP contribution in [0.1, 0.15) is 25.3 Å². The van der Waals surface area contributed by atoms with Gasteiger partial charge in [-0.3, -0.25) is 9.59 Å². The van der Waals surface area contributed by atoms with Crippen molar-refractivity contribution in [3.8, 4) is 5.75 Å². The minimum Gasteiger partial charge on any atom is -0.483 e. The number of ether oxygens (including phenoxy) is 1. The lowest BCUT2D eigenvalue weighted by Crippen LogP contribution is -2.36. The summed E-state index contributed by atoms with van der Waals surface area (Å²) in [5, 5.41) is 11.0. The molecule has 22 heavy (non-hydrogen) atoms. The number of aliphatic carboxylic acids is 1. The average Bonchev–Trinajstić information content (AvgIpc) is 2.42. The fourth-order valence-electron chi connectivity index (χ4n) is 1.70. The van der Waals surface area contributed by atoms with Crippen LogP contribution in [0.5, 0.6) is 5.75 Å². The van der Waals surface area contributed by atoms with Crippen LogP contribution in [-0.4, -0.2) is 29.6 Å². The predicted octanol–water partition coefficient (Wildman–Crippen LogP) is 2.45. The van der Waals surface area contributed by atoms with E-state index in [1.807, 2.05) is 0 Å². The van der Waals surface area contributed by atoms with Crippen molar-refractivity contribution < 1.29 is 32.6 Å². The molecule has 1 amide bonds. The van der Waals surface area contributed by atoms with Crippen LogP contribution in [0.3, 0.4) is 0 Å². The number of carboxylic acid groups (broad SMARTS) is 1. The van der Waals surface area contributed by atoms with E-state index >= 15 is 0 Å². The maximum absolute atomic E-state index is 12.7. The Balaban J connectivity index is 2.53. The zero-order valence-corrected chi connectivity index (χ0v) is 11.8. The van der Waals surface area contributed by atoms with Crippen molar-refractivity contribution in [3.05, 3.63) is 29.8 Å². The van der Waals surface area contributed by atoms with Gasteiger partial charge in [0.2, 0.25) is 0 Å². The molecule has 5 nitrogen and oxygen atoms in total. The third kappa shape index (κ3) is 6.02. The summed E-state index contributed by atoms with van der Waals surface area (Å²) < 4.78 is 43.1. The molecule has 1 atom stereocenters. The number of nitrogens with one attached hydrogen (secondary N) is 1. The first-order chi connectivity index (χ1) is 10.2. The molecule has 1 aromatic rings.